The number of phenols is 1. The normalized spacial score (nSPS) is 12.6. The lowest BCUT2D eigenvalue weighted by molar-refractivity contribution is 0.465. The van der Waals surface area contributed by atoms with E-state index in [9.17, 15) is 5.11 Å². The lowest BCUT2D eigenvalue weighted by Gasteiger charge is -2.18. The van der Waals surface area contributed by atoms with Crippen LogP contribution in [-0.2, 0) is 0 Å². The molecular formula is C19H17ClN4O. The lowest BCUT2D eigenvalue weighted by Crippen LogP contribution is -2.10. The molecule has 126 valence electrons. The summed E-state index contributed by atoms with van der Waals surface area (Å²) < 4.78 is 1.77. The Morgan fingerprint density at radius 2 is 1.84 bits per heavy atom. The third-order valence-electron chi connectivity index (χ3n) is 4.33. The molecule has 1 atom stereocenters. The fraction of sp³-hybridized carbons (Fsp3) is 0.158. The number of hydrogen-bond donors (Lipinski definition) is 2. The van der Waals surface area contributed by atoms with E-state index in [1.54, 1.807) is 16.6 Å². The molecule has 0 aliphatic carbocycles. The first-order chi connectivity index (χ1) is 12.1. The number of benzene rings is 2. The topological polar surface area (TPSA) is 62.5 Å². The molecule has 0 fully saturated rings. The van der Waals surface area contributed by atoms with E-state index in [2.05, 4.69) is 10.4 Å². The zero-order chi connectivity index (χ0) is 17.6. The Kier molecular flexibility index (Phi) is 3.73. The Hall–Kier alpha value is -2.79. The van der Waals surface area contributed by atoms with Crippen LogP contribution in [0.4, 0.5) is 5.82 Å². The van der Waals surface area contributed by atoms with Crippen LogP contribution in [0.25, 0.3) is 16.6 Å². The molecule has 0 bridgehead atoms. The van der Waals surface area contributed by atoms with Gasteiger partial charge in [0.15, 0.2) is 5.65 Å². The number of nitrogens with one attached hydrogen (secondary N) is 1. The number of fused-ring (bicyclic) bond motifs is 3. The quantitative estimate of drug-likeness (QED) is 0.560. The van der Waals surface area contributed by atoms with E-state index >= 15 is 0 Å². The molecule has 5 nitrogen and oxygen atoms in total. The second-order valence-corrected chi connectivity index (χ2v) is 6.42. The van der Waals surface area contributed by atoms with Crippen LogP contribution >= 0.6 is 11.6 Å². The van der Waals surface area contributed by atoms with E-state index in [4.69, 9.17) is 16.6 Å². The Balaban J connectivity index is 1.88. The summed E-state index contributed by atoms with van der Waals surface area (Å²) in [7, 11) is 0. The summed E-state index contributed by atoms with van der Waals surface area (Å²) in [6, 6.07) is 15.1. The maximum Gasteiger partial charge on any atom is 0.176 e. The second kappa shape index (κ2) is 5.93. The molecule has 4 rings (SSSR count). The van der Waals surface area contributed by atoms with Crippen LogP contribution in [0.15, 0.2) is 48.5 Å². The third-order valence-corrected chi connectivity index (χ3v) is 4.77. The number of aryl methyl sites for hydroxylation is 1. The first-order valence-electron chi connectivity index (χ1n) is 8.04. The zero-order valence-electron chi connectivity index (χ0n) is 13.9. The van der Waals surface area contributed by atoms with Gasteiger partial charge >= 0.3 is 0 Å². The molecule has 0 unspecified atom stereocenters. The van der Waals surface area contributed by atoms with Gasteiger partial charge in [0.2, 0.25) is 0 Å². The number of aromatic nitrogens is 3. The summed E-state index contributed by atoms with van der Waals surface area (Å²) in [5, 5.41) is 19.5. The molecule has 0 radical (unpaired) electrons. The van der Waals surface area contributed by atoms with Crippen molar-refractivity contribution in [1.82, 2.24) is 14.6 Å². The average molecular weight is 353 g/mol. The van der Waals surface area contributed by atoms with Gasteiger partial charge in [-0.25, -0.2) is 9.50 Å². The number of hydrogen-bond acceptors (Lipinski definition) is 4. The van der Waals surface area contributed by atoms with Crippen LogP contribution in [0, 0.1) is 6.92 Å². The van der Waals surface area contributed by atoms with Gasteiger partial charge in [-0.05, 0) is 32.0 Å². The molecule has 2 aromatic heterocycles. The number of phenolic OH excluding ortho intramolecular Hbond substituents is 1. The Bertz CT molecular complexity index is 1090. The van der Waals surface area contributed by atoms with Gasteiger partial charge in [-0.2, -0.15) is 5.10 Å². The SMILES string of the molecule is Cc1nn2c(nc(N[C@H](C)c3ccccc3O)c3ccccc32)c1Cl. The van der Waals surface area contributed by atoms with Crippen molar-refractivity contribution in [3.05, 3.63) is 64.8 Å². The third kappa shape index (κ3) is 2.57. The zero-order valence-corrected chi connectivity index (χ0v) is 14.6. The molecular weight excluding hydrogens is 336 g/mol. The predicted molar refractivity (Wildman–Crippen MR) is 100 cm³/mol. The summed E-state index contributed by atoms with van der Waals surface area (Å²) in [6.45, 7) is 3.85. The summed E-state index contributed by atoms with van der Waals surface area (Å²) >= 11 is 6.38. The van der Waals surface area contributed by atoms with Gasteiger partial charge < -0.3 is 10.4 Å². The van der Waals surface area contributed by atoms with Crippen molar-refractivity contribution >= 4 is 34.0 Å². The van der Waals surface area contributed by atoms with Crippen LogP contribution in [0.3, 0.4) is 0 Å². The highest BCUT2D eigenvalue weighted by Crippen LogP contribution is 2.31. The van der Waals surface area contributed by atoms with Crippen molar-refractivity contribution in [3.8, 4) is 5.75 Å². The van der Waals surface area contributed by atoms with Gasteiger partial charge in [0.25, 0.3) is 0 Å². The fourth-order valence-corrected chi connectivity index (χ4v) is 3.19. The van der Waals surface area contributed by atoms with Crippen molar-refractivity contribution in [2.45, 2.75) is 19.9 Å². The molecule has 2 heterocycles. The lowest BCUT2D eigenvalue weighted by atomic mass is 10.1. The molecule has 2 N–H and O–H groups in total. The number of halogens is 1. The molecule has 0 amide bonds. The Morgan fingerprint density at radius 3 is 2.64 bits per heavy atom. The maximum atomic E-state index is 10.1. The van der Waals surface area contributed by atoms with Crippen LogP contribution in [0.2, 0.25) is 5.02 Å². The number of rotatable bonds is 3. The fourth-order valence-electron chi connectivity index (χ4n) is 3.03. The highest BCUT2D eigenvalue weighted by Gasteiger charge is 2.17. The standard InChI is InChI=1S/C19H17ClN4O/c1-11(13-7-4-6-10-16(13)25)21-18-14-8-3-5-9-15(14)24-19(22-18)17(20)12(2)23-24/h3-11,25H,1-2H3,(H,21,22)/t11-/m1/s1. The van der Waals surface area contributed by atoms with E-state index < -0.39 is 0 Å². The molecule has 0 spiro atoms. The Morgan fingerprint density at radius 1 is 1.12 bits per heavy atom. The molecule has 0 saturated heterocycles. The van der Waals surface area contributed by atoms with E-state index in [0.717, 1.165) is 22.2 Å². The molecule has 0 aliphatic rings. The minimum absolute atomic E-state index is 0.123. The average Bonchev–Trinajstić information content (AvgIpc) is 2.90. The van der Waals surface area contributed by atoms with Gasteiger partial charge in [-0.15, -0.1) is 0 Å². The van der Waals surface area contributed by atoms with E-state index in [0.29, 0.717) is 16.5 Å². The highest BCUT2D eigenvalue weighted by atomic mass is 35.5. The van der Waals surface area contributed by atoms with E-state index in [-0.39, 0.29) is 11.8 Å². The van der Waals surface area contributed by atoms with Crippen LogP contribution in [0.1, 0.15) is 24.2 Å². The van der Waals surface area contributed by atoms with Gasteiger partial charge in [-0.1, -0.05) is 41.9 Å². The number of anilines is 1. The number of para-hydroxylation sites is 2. The Labute approximate surface area is 149 Å². The summed E-state index contributed by atoms with van der Waals surface area (Å²) in [6.07, 6.45) is 0. The predicted octanol–water partition coefficient (Wildman–Crippen LogP) is 4.72. The minimum atomic E-state index is -0.123. The van der Waals surface area contributed by atoms with Gasteiger partial charge in [0.1, 0.15) is 16.6 Å². The van der Waals surface area contributed by atoms with E-state index in [1.165, 1.54) is 0 Å². The monoisotopic (exact) mass is 352 g/mol. The van der Waals surface area contributed by atoms with Crippen molar-refractivity contribution < 1.29 is 5.11 Å². The summed E-state index contributed by atoms with van der Waals surface area (Å²) in [4.78, 5) is 4.69. The molecule has 6 heteroatoms. The first kappa shape index (κ1) is 15.7. The van der Waals surface area contributed by atoms with Gasteiger partial charge in [-0.3, -0.25) is 0 Å². The molecule has 0 saturated carbocycles. The van der Waals surface area contributed by atoms with Crippen molar-refractivity contribution in [3.63, 3.8) is 0 Å². The molecule has 0 aliphatic heterocycles. The summed E-state index contributed by atoms with van der Waals surface area (Å²) in [5.41, 5.74) is 3.09. The second-order valence-electron chi connectivity index (χ2n) is 6.04. The molecule has 4 aromatic rings. The molecule has 25 heavy (non-hydrogen) atoms. The van der Waals surface area contributed by atoms with Gasteiger partial charge in [0.05, 0.1) is 17.3 Å². The smallest absolute Gasteiger partial charge is 0.176 e. The molecule has 2 aromatic carbocycles. The largest absolute Gasteiger partial charge is 0.508 e. The van der Waals surface area contributed by atoms with Crippen LogP contribution < -0.4 is 5.32 Å². The van der Waals surface area contributed by atoms with Crippen LogP contribution in [-0.4, -0.2) is 19.7 Å². The van der Waals surface area contributed by atoms with Crippen LogP contribution in [0.5, 0.6) is 5.75 Å². The van der Waals surface area contributed by atoms with Gasteiger partial charge in [0, 0.05) is 10.9 Å². The minimum Gasteiger partial charge on any atom is -0.508 e. The number of nitrogens with zero attached hydrogens (tertiary/aromatic N) is 3. The van der Waals surface area contributed by atoms with Crippen molar-refractivity contribution in [2.75, 3.05) is 5.32 Å². The number of aromatic hydroxyl groups is 1. The maximum absolute atomic E-state index is 10.1. The van der Waals surface area contributed by atoms with E-state index in [1.807, 2.05) is 50.2 Å². The van der Waals surface area contributed by atoms with Crippen molar-refractivity contribution in [2.24, 2.45) is 0 Å². The summed E-state index contributed by atoms with van der Waals surface area (Å²) in [5.74, 6) is 0.965. The van der Waals surface area contributed by atoms with Crippen molar-refractivity contribution in [1.29, 1.82) is 0 Å². The first-order valence-corrected chi connectivity index (χ1v) is 8.42. The highest BCUT2D eigenvalue weighted by molar-refractivity contribution is 6.34.